The molecule has 1 fully saturated rings. The number of nitrogens with zero attached hydrogens (tertiary/aromatic N) is 2. The highest BCUT2D eigenvalue weighted by atomic mass is 35.5. The van der Waals surface area contributed by atoms with Crippen LogP contribution in [0.5, 0.6) is 5.75 Å². The number of ether oxygens (including phenoxy) is 1. The standard InChI is InChI=1S/C23H29ClFN3O2/c1-16-13-28(17(2)12-27(16)14-18-4-7-21(25)8-5-18)23(29)15-30-22-9-6-20(24)10-19(22)11-26-3/h4-10,16-17,26H,11-15H2,1-3H3. The molecule has 0 radical (unpaired) electrons. The van der Waals surface area contributed by atoms with E-state index in [4.69, 9.17) is 16.3 Å². The predicted octanol–water partition coefficient (Wildman–Crippen LogP) is 3.70. The molecule has 0 aromatic heterocycles. The molecule has 162 valence electrons. The van der Waals surface area contributed by atoms with Gasteiger partial charge in [-0.3, -0.25) is 9.69 Å². The Kier molecular flexibility index (Phi) is 7.69. The zero-order chi connectivity index (χ0) is 21.7. The summed E-state index contributed by atoms with van der Waals surface area (Å²) < 4.78 is 19.0. The van der Waals surface area contributed by atoms with Gasteiger partial charge in [-0.2, -0.15) is 0 Å². The zero-order valence-corrected chi connectivity index (χ0v) is 18.5. The first-order valence-electron chi connectivity index (χ1n) is 10.2. The molecule has 5 nitrogen and oxygen atoms in total. The van der Waals surface area contributed by atoms with E-state index in [0.717, 1.165) is 24.2 Å². The summed E-state index contributed by atoms with van der Waals surface area (Å²) in [6.45, 7) is 6.90. The van der Waals surface area contributed by atoms with Crippen LogP contribution < -0.4 is 10.1 Å². The maximum atomic E-state index is 13.1. The highest BCUT2D eigenvalue weighted by molar-refractivity contribution is 6.30. The van der Waals surface area contributed by atoms with Crippen molar-refractivity contribution in [2.75, 3.05) is 26.7 Å². The smallest absolute Gasteiger partial charge is 0.260 e. The summed E-state index contributed by atoms with van der Waals surface area (Å²) in [5.74, 6) is 0.410. The molecule has 1 saturated heterocycles. The van der Waals surface area contributed by atoms with Crippen LogP contribution in [0.15, 0.2) is 42.5 Å². The van der Waals surface area contributed by atoms with Crippen molar-refractivity contribution in [3.05, 3.63) is 64.4 Å². The number of hydrogen-bond donors (Lipinski definition) is 1. The molecule has 1 N–H and O–H groups in total. The minimum atomic E-state index is -0.228. The highest BCUT2D eigenvalue weighted by Gasteiger charge is 2.32. The minimum absolute atomic E-state index is 0.00658. The first-order valence-corrected chi connectivity index (χ1v) is 10.6. The van der Waals surface area contributed by atoms with Gasteiger partial charge in [-0.05, 0) is 56.8 Å². The first-order chi connectivity index (χ1) is 14.4. The topological polar surface area (TPSA) is 44.8 Å². The molecule has 30 heavy (non-hydrogen) atoms. The van der Waals surface area contributed by atoms with Crippen LogP contribution in [0.25, 0.3) is 0 Å². The molecular weight excluding hydrogens is 405 g/mol. The number of benzene rings is 2. The van der Waals surface area contributed by atoms with Gasteiger partial charge in [-0.1, -0.05) is 23.7 Å². The normalized spacial score (nSPS) is 19.7. The number of amides is 1. The van der Waals surface area contributed by atoms with E-state index in [1.165, 1.54) is 12.1 Å². The van der Waals surface area contributed by atoms with E-state index in [9.17, 15) is 9.18 Å². The maximum Gasteiger partial charge on any atom is 0.260 e. The Hall–Kier alpha value is -2.15. The Labute approximate surface area is 182 Å². The summed E-state index contributed by atoms with van der Waals surface area (Å²) in [5.41, 5.74) is 1.99. The van der Waals surface area contributed by atoms with Crippen LogP contribution in [-0.2, 0) is 17.9 Å². The molecule has 2 aromatic carbocycles. The number of carbonyl (C=O) groups is 1. The van der Waals surface area contributed by atoms with E-state index in [1.807, 2.05) is 30.1 Å². The third-order valence-corrected chi connectivity index (χ3v) is 5.71. The average molecular weight is 434 g/mol. The quantitative estimate of drug-likeness (QED) is 0.723. The summed E-state index contributed by atoms with van der Waals surface area (Å²) in [4.78, 5) is 17.1. The molecule has 2 aromatic rings. The van der Waals surface area contributed by atoms with Crippen molar-refractivity contribution in [1.82, 2.24) is 15.1 Å². The van der Waals surface area contributed by atoms with E-state index in [-0.39, 0.29) is 30.4 Å². The van der Waals surface area contributed by atoms with Gasteiger partial charge in [0.1, 0.15) is 11.6 Å². The fourth-order valence-corrected chi connectivity index (χ4v) is 4.02. The molecule has 0 bridgehead atoms. The molecular formula is C23H29ClFN3O2. The van der Waals surface area contributed by atoms with Crippen molar-refractivity contribution in [1.29, 1.82) is 0 Å². The van der Waals surface area contributed by atoms with E-state index in [1.54, 1.807) is 12.1 Å². The van der Waals surface area contributed by atoms with Crippen molar-refractivity contribution in [3.8, 4) is 5.75 Å². The SMILES string of the molecule is CNCc1cc(Cl)ccc1OCC(=O)N1CC(C)N(Cc2ccc(F)cc2)CC1C. The molecule has 7 heteroatoms. The average Bonchev–Trinajstić information content (AvgIpc) is 2.71. The van der Waals surface area contributed by atoms with Crippen LogP contribution in [0, 0.1) is 5.82 Å². The molecule has 0 spiro atoms. The van der Waals surface area contributed by atoms with Crippen LogP contribution >= 0.6 is 11.6 Å². The number of rotatable bonds is 7. The largest absolute Gasteiger partial charge is 0.483 e. The molecule has 2 atom stereocenters. The Morgan fingerprint density at radius 2 is 1.90 bits per heavy atom. The number of nitrogens with one attached hydrogen (secondary N) is 1. The number of hydrogen-bond acceptors (Lipinski definition) is 4. The van der Waals surface area contributed by atoms with Gasteiger partial charge in [0.2, 0.25) is 0 Å². The molecule has 1 heterocycles. The minimum Gasteiger partial charge on any atom is -0.483 e. The molecule has 0 saturated carbocycles. The number of carbonyl (C=O) groups excluding carboxylic acids is 1. The van der Waals surface area contributed by atoms with E-state index < -0.39 is 0 Å². The Balaban J connectivity index is 1.58. The van der Waals surface area contributed by atoms with Crippen LogP contribution in [-0.4, -0.2) is 54.5 Å². The fourth-order valence-electron chi connectivity index (χ4n) is 3.83. The maximum absolute atomic E-state index is 13.1. The van der Waals surface area contributed by atoms with Gasteiger partial charge in [-0.15, -0.1) is 0 Å². The zero-order valence-electron chi connectivity index (χ0n) is 17.7. The van der Waals surface area contributed by atoms with E-state index in [2.05, 4.69) is 24.1 Å². The molecule has 1 amide bonds. The van der Waals surface area contributed by atoms with Gasteiger partial charge in [-0.25, -0.2) is 4.39 Å². The van der Waals surface area contributed by atoms with Crippen molar-refractivity contribution < 1.29 is 13.9 Å². The van der Waals surface area contributed by atoms with E-state index in [0.29, 0.717) is 23.9 Å². The van der Waals surface area contributed by atoms with E-state index >= 15 is 0 Å². The Morgan fingerprint density at radius 3 is 2.60 bits per heavy atom. The Morgan fingerprint density at radius 1 is 1.17 bits per heavy atom. The van der Waals surface area contributed by atoms with Gasteiger partial charge in [0.25, 0.3) is 5.91 Å². The van der Waals surface area contributed by atoms with Gasteiger partial charge in [0.15, 0.2) is 6.61 Å². The van der Waals surface area contributed by atoms with Crippen LogP contribution in [0.1, 0.15) is 25.0 Å². The lowest BCUT2D eigenvalue weighted by Crippen LogP contribution is -2.58. The molecule has 0 aliphatic carbocycles. The van der Waals surface area contributed by atoms with Gasteiger partial charge in [0.05, 0.1) is 0 Å². The third kappa shape index (κ3) is 5.72. The van der Waals surface area contributed by atoms with Gasteiger partial charge < -0.3 is 15.0 Å². The lowest BCUT2D eigenvalue weighted by Gasteiger charge is -2.44. The van der Waals surface area contributed by atoms with Crippen molar-refractivity contribution in [2.45, 2.75) is 39.0 Å². The second-order valence-corrected chi connectivity index (χ2v) is 8.31. The van der Waals surface area contributed by atoms with Crippen LogP contribution in [0.2, 0.25) is 5.02 Å². The first kappa shape index (κ1) is 22.5. The summed E-state index contributed by atoms with van der Waals surface area (Å²) >= 11 is 6.07. The van der Waals surface area contributed by atoms with Crippen molar-refractivity contribution in [3.63, 3.8) is 0 Å². The lowest BCUT2D eigenvalue weighted by molar-refractivity contribution is -0.139. The number of halogens is 2. The summed E-state index contributed by atoms with van der Waals surface area (Å²) in [6, 6.07) is 12.3. The summed E-state index contributed by atoms with van der Waals surface area (Å²) in [5, 5.41) is 3.72. The highest BCUT2D eigenvalue weighted by Crippen LogP contribution is 2.24. The second kappa shape index (κ2) is 10.2. The predicted molar refractivity (Wildman–Crippen MR) is 117 cm³/mol. The monoisotopic (exact) mass is 433 g/mol. The second-order valence-electron chi connectivity index (χ2n) is 7.87. The third-order valence-electron chi connectivity index (χ3n) is 5.48. The van der Waals surface area contributed by atoms with Gasteiger partial charge >= 0.3 is 0 Å². The van der Waals surface area contributed by atoms with Crippen LogP contribution in [0.4, 0.5) is 4.39 Å². The summed E-state index contributed by atoms with van der Waals surface area (Å²) in [6.07, 6.45) is 0. The lowest BCUT2D eigenvalue weighted by atomic mass is 10.1. The van der Waals surface area contributed by atoms with Crippen molar-refractivity contribution in [2.24, 2.45) is 0 Å². The molecule has 1 aliphatic rings. The number of piperazine rings is 1. The molecule has 1 aliphatic heterocycles. The Bertz CT molecular complexity index is 862. The molecule has 3 rings (SSSR count). The van der Waals surface area contributed by atoms with Gasteiger partial charge in [0, 0.05) is 48.8 Å². The van der Waals surface area contributed by atoms with Crippen LogP contribution in [0.3, 0.4) is 0 Å². The van der Waals surface area contributed by atoms with Crippen molar-refractivity contribution >= 4 is 17.5 Å². The summed E-state index contributed by atoms with van der Waals surface area (Å²) in [7, 11) is 1.85. The fraction of sp³-hybridized carbons (Fsp3) is 0.435. The molecule has 2 unspecified atom stereocenters.